The van der Waals surface area contributed by atoms with Gasteiger partial charge in [0.25, 0.3) is 0 Å². The van der Waals surface area contributed by atoms with Crippen LogP contribution in [0.3, 0.4) is 0 Å². The molecule has 0 bridgehead atoms. The second-order valence-electron chi connectivity index (χ2n) is 5.39. The topological polar surface area (TPSA) is 49.3 Å². The van der Waals surface area contributed by atoms with E-state index in [-0.39, 0.29) is 11.7 Å². The number of amides is 1. The lowest BCUT2D eigenvalue weighted by atomic mass is 9.91. The Morgan fingerprint density at radius 2 is 1.90 bits per heavy atom. The highest BCUT2D eigenvalue weighted by molar-refractivity contribution is 5.95. The van der Waals surface area contributed by atoms with E-state index in [1.807, 2.05) is 19.1 Å². The zero-order valence-electron chi connectivity index (χ0n) is 11.7. The molecule has 3 nitrogen and oxygen atoms in total. The predicted octanol–water partition coefficient (Wildman–Crippen LogP) is 3.10. The van der Waals surface area contributed by atoms with Gasteiger partial charge in [-0.05, 0) is 36.6 Å². The van der Waals surface area contributed by atoms with Crippen molar-refractivity contribution >= 4 is 11.6 Å². The molecule has 21 heavy (non-hydrogen) atoms. The van der Waals surface area contributed by atoms with Gasteiger partial charge in [-0.15, -0.1) is 0 Å². The number of hydrogen-bond donors (Lipinski definition) is 2. The molecule has 4 heteroatoms. The Morgan fingerprint density at radius 1 is 1.19 bits per heavy atom. The van der Waals surface area contributed by atoms with Gasteiger partial charge in [0.05, 0.1) is 5.69 Å². The zero-order valence-corrected chi connectivity index (χ0v) is 11.7. The molecule has 0 spiro atoms. The highest BCUT2D eigenvalue weighted by atomic mass is 19.1. The van der Waals surface area contributed by atoms with Crippen LogP contribution in [0, 0.1) is 12.7 Å². The number of carbonyl (C=O) groups is 1. The molecule has 0 radical (unpaired) electrons. The van der Waals surface area contributed by atoms with Crippen LogP contribution in [0.4, 0.5) is 10.1 Å². The number of halogens is 1. The van der Waals surface area contributed by atoms with Crippen LogP contribution in [0.5, 0.6) is 0 Å². The van der Waals surface area contributed by atoms with Gasteiger partial charge in [-0.3, -0.25) is 4.79 Å². The van der Waals surface area contributed by atoms with Gasteiger partial charge in [0.1, 0.15) is 11.9 Å². The lowest BCUT2D eigenvalue weighted by molar-refractivity contribution is -0.116. The number of anilines is 1. The molecule has 0 fully saturated rings. The fraction of sp³-hybridized carbons (Fsp3) is 0.235. The van der Waals surface area contributed by atoms with Crippen molar-refractivity contribution in [3.63, 3.8) is 0 Å². The Labute approximate surface area is 122 Å². The van der Waals surface area contributed by atoms with Gasteiger partial charge in [0.2, 0.25) is 5.91 Å². The molecule has 2 aromatic carbocycles. The third-order valence-electron chi connectivity index (χ3n) is 3.76. The molecule has 0 aromatic heterocycles. The molecule has 1 atom stereocenters. The average molecular weight is 285 g/mol. The maximum absolute atomic E-state index is 13.0. The standard InChI is InChI=1S/C17H16FNO2/c1-10-8-12-4-7-15(20)19-16(12)14(9-10)17(21)11-2-5-13(18)6-3-11/h2-3,5-6,8-9,17,21H,4,7H2,1H3,(H,19,20). The van der Waals surface area contributed by atoms with Crippen molar-refractivity contribution in [3.8, 4) is 0 Å². The number of aliphatic hydroxyl groups is 1. The number of aliphatic hydroxyl groups excluding tert-OH is 1. The van der Waals surface area contributed by atoms with Crippen molar-refractivity contribution in [2.24, 2.45) is 0 Å². The van der Waals surface area contributed by atoms with Crippen LogP contribution in [-0.2, 0) is 11.2 Å². The first kappa shape index (κ1) is 13.8. The van der Waals surface area contributed by atoms with Crippen LogP contribution in [-0.4, -0.2) is 11.0 Å². The third-order valence-corrected chi connectivity index (χ3v) is 3.76. The Balaban J connectivity index is 2.07. The molecule has 1 aliphatic rings. The minimum Gasteiger partial charge on any atom is -0.384 e. The minimum absolute atomic E-state index is 0.0427. The SMILES string of the molecule is Cc1cc2c(c(C(O)c3ccc(F)cc3)c1)NC(=O)CC2. The van der Waals surface area contributed by atoms with Gasteiger partial charge in [-0.25, -0.2) is 4.39 Å². The largest absolute Gasteiger partial charge is 0.384 e. The van der Waals surface area contributed by atoms with E-state index in [1.54, 1.807) is 12.1 Å². The molecule has 1 aliphatic heterocycles. The monoisotopic (exact) mass is 285 g/mol. The second-order valence-corrected chi connectivity index (χ2v) is 5.39. The van der Waals surface area contributed by atoms with Gasteiger partial charge in [-0.1, -0.05) is 29.8 Å². The number of aryl methyl sites for hydroxylation is 2. The molecule has 1 unspecified atom stereocenters. The van der Waals surface area contributed by atoms with Gasteiger partial charge in [0.15, 0.2) is 0 Å². The quantitative estimate of drug-likeness (QED) is 0.890. The zero-order chi connectivity index (χ0) is 15.0. The van der Waals surface area contributed by atoms with E-state index in [0.29, 0.717) is 29.7 Å². The summed E-state index contributed by atoms with van der Waals surface area (Å²) in [6.45, 7) is 1.96. The van der Waals surface area contributed by atoms with E-state index in [1.165, 1.54) is 12.1 Å². The first-order valence-electron chi connectivity index (χ1n) is 6.91. The maximum Gasteiger partial charge on any atom is 0.224 e. The number of nitrogens with one attached hydrogen (secondary N) is 1. The first-order chi connectivity index (χ1) is 10.0. The number of hydrogen-bond acceptors (Lipinski definition) is 2. The molecular weight excluding hydrogens is 269 g/mol. The van der Waals surface area contributed by atoms with Gasteiger partial charge >= 0.3 is 0 Å². The molecule has 0 aliphatic carbocycles. The highest BCUT2D eigenvalue weighted by Crippen LogP contribution is 2.35. The van der Waals surface area contributed by atoms with Crippen LogP contribution in [0.1, 0.15) is 34.8 Å². The van der Waals surface area contributed by atoms with Crippen LogP contribution >= 0.6 is 0 Å². The number of benzene rings is 2. The van der Waals surface area contributed by atoms with Gasteiger partial charge in [-0.2, -0.15) is 0 Å². The van der Waals surface area contributed by atoms with Crippen molar-refractivity contribution in [1.82, 2.24) is 0 Å². The average Bonchev–Trinajstić information content (AvgIpc) is 2.47. The lowest BCUT2D eigenvalue weighted by Gasteiger charge is -2.24. The molecule has 1 amide bonds. The normalized spacial score (nSPS) is 15.3. The third kappa shape index (κ3) is 2.67. The van der Waals surface area contributed by atoms with E-state index in [4.69, 9.17) is 0 Å². The van der Waals surface area contributed by atoms with E-state index in [9.17, 15) is 14.3 Å². The molecule has 1 heterocycles. The molecular formula is C17H16FNO2. The van der Waals surface area contributed by atoms with Crippen molar-refractivity contribution in [1.29, 1.82) is 0 Å². The summed E-state index contributed by atoms with van der Waals surface area (Å²) < 4.78 is 13.0. The summed E-state index contributed by atoms with van der Waals surface area (Å²) in [5.74, 6) is -0.385. The van der Waals surface area contributed by atoms with Crippen molar-refractivity contribution in [3.05, 3.63) is 64.5 Å². The van der Waals surface area contributed by atoms with Crippen LogP contribution in [0.25, 0.3) is 0 Å². The molecule has 108 valence electrons. The maximum atomic E-state index is 13.0. The Bertz CT molecular complexity index is 695. The smallest absolute Gasteiger partial charge is 0.224 e. The molecule has 3 rings (SSSR count). The summed E-state index contributed by atoms with van der Waals surface area (Å²) in [4.78, 5) is 11.6. The second kappa shape index (κ2) is 5.30. The van der Waals surface area contributed by atoms with Crippen molar-refractivity contribution < 1.29 is 14.3 Å². The number of rotatable bonds is 2. The summed E-state index contributed by atoms with van der Waals surface area (Å²) >= 11 is 0. The molecule has 2 N–H and O–H groups in total. The van der Waals surface area contributed by atoms with E-state index in [0.717, 1.165) is 11.1 Å². The fourth-order valence-corrected chi connectivity index (χ4v) is 2.73. The summed E-state index contributed by atoms with van der Waals surface area (Å²) in [5, 5.41) is 13.4. The lowest BCUT2D eigenvalue weighted by Crippen LogP contribution is -2.21. The summed E-state index contributed by atoms with van der Waals surface area (Å²) in [5.41, 5.74) is 4.01. The van der Waals surface area contributed by atoms with Gasteiger partial charge in [0, 0.05) is 12.0 Å². The molecule has 0 saturated heterocycles. The Morgan fingerprint density at radius 3 is 2.62 bits per heavy atom. The number of fused-ring (bicyclic) bond motifs is 1. The summed E-state index contributed by atoms with van der Waals surface area (Å²) in [6.07, 6.45) is 0.242. The molecule has 2 aromatic rings. The van der Waals surface area contributed by atoms with E-state index >= 15 is 0 Å². The van der Waals surface area contributed by atoms with Crippen LogP contribution in [0.15, 0.2) is 36.4 Å². The molecule has 0 saturated carbocycles. The predicted molar refractivity (Wildman–Crippen MR) is 78.6 cm³/mol. The van der Waals surface area contributed by atoms with E-state index < -0.39 is 6.10 Å². The van der Waals surface area contributed by atoms with Crippen LogP contribution in [0.2, 0.25) is 0 Å². The number of carbonyl (C=O) groups excluding carboxylic acids is 1. The van der Waals surface area contributed by atoms with E-state index in [2.05, 4.69) is 5.32 Å². The Hall–Kier alpha value is -2.20. The van der Waals surface area contributed by atoms with Gasteiger partial charge < -0.3 is 10.4 Å². The minimum atomic E-state index is -0.891. The van der Waals surface area contributed by atoms with Crippen molar-refractivity contribution in [2.75, 3.05) is 5.32 Å². The summed E-state index contributed by atoms with van der Waals surface area (Å²) in [6, 6.07) is 9.63. The van der Waals surface area contributed by atoms with Crippen molar-refractivity contribution in [2.45, 2.75) is 25.9 Å². The summed E-state index contributed by atoms with van der Waals surface area (Å²) in [7, 11) is 0. The Kier molecular flexibility index (Phi) is 3.47. The fourth-order valence-electron chi connectivity index (χ4n) is 2.73. The highest BCUT2D eigenvalue weighted by Gasteiger charge is 2.23. The van der Waals surface area contributed by atoms with Crippen LogP contribution < -0.4 is 5.32 Å². The first-order valence-corrected chi connectivity index (χ1v) is 6.91.